The molecule has 0 aliphatic carbocycles. The highest BCUT2D eigenvalue weighted by Gasteiger charge is 2.27. The van der Waals surface area contributed by atoms with Crippen LogP contribution in [0.1, 0.15) is 19.8 Å². The zero-order valence-electron chi connectivity index (χ0n) is 14.1. The van der Waals surface area contributed by atoms with Crippen LogP contribution in [0, 0.1) is 0 Å². The number of hydrogen-bond donors (Lipinski definition) is 1. The van der Waals surface area contributed by atoms with Crippen LogP contribution in [-0.2, 0) is 9.59 Å². The van der Waals surface area contributed by atoms with Crippen LogP contribution in [0.15, 0.2) is 18.2 Å². The van der Waals surface area contributed by atoms with Gasteiger partial charge in [0.15, 0.2) is 6.61 Å². The van der Waals surface area contributed by atoms with E-state index in [1.807, 2.05) is 11.8 Å². The molecular formula is C17H22Cl2N2O4. The predicted octanol–water partition coefficient (Wildman–Crippen LogP) is 2.77. The highest BCUT2D eigenvalue weighted by molar-refractivity contribution is 6.34. The molecule has 1 saturated heterocycles. The van der Waals surface area contributed by atoms with E-state index in [1.165, 1.54) is 0 Å². The van der Waals surface area contributed by atoms with Crippen molar-refractivity contribution >= 4 is 35.1 Å². The maximum Gasteiger partial charge on any atom is 0.317 e. The summed E-state index contributed by atoms with van der Waals surface area (Å²) in [6.45, 7) is 3.79. The number of likely N-dealkylation sites (N-methyl/N-ethyl adjacent to an activating group) is 1. The van der Waals surface area contributed by atoms with Gasteiger partial charge < -0.3 is 14.7 Å². The van der Waals surface area contributed by atoms with Gasteiger partial charge in [0.2, 0.25) is 0 Å². The molecule has 8 heteroatoms. The number of carboxylic acids is 1. The molecule has 25 heavy (non-hydrogen) atoms. The zero-order valence-corrected chi connectivity index (χ0v) is 15.6. The van der Waals surface area contributed by atoms with Gasteiger partial charge in [-0.2, -0.15) is 0 Å². The van der Waals surface area contributed by atoms with E-state index < -0.39 is 5.97 Å². The molecule has 0 saturated carbocycles. The average Bonchev–Trinajstić information content (AvgIpc) is 2.56. The number of carboxylic acid groups (broad SMARTS) is 1. The second-order valence-electron chi connectivity index (χ2n) is 5.96. The first-order valence-corrected chi connectivity index (χ1v) is 8.97. The summed E-state index contributed by atoms with van der Waals surface area (Å²) in [7, 11) is 0. The van der Waals surface area contributed by atoms with E-state index in [1.54, 1.807) is 23.1 Å². The number of halogens is 2. The number of amides is 1. The Hall–Kier alpha value is -1.50. The van der Waals surface area contributed by atoms with Crippen LogP contribution in [0.3, 0.4) is 0 Å². The van der Waals surface area contributed by atoms with Gasteiger partial charge in [-0.15, -0.1) is 0 Å². The number of aliphatic carboxylic acids is 1. The standard InChI is InChI=1S/C17H22Cl2N2O4/c1-2-20(10-17(23)24)14-3-5-21(6-4-14)16(22)11-25-15-8-12(18)7-13(19)9-15/h7-9,14H,2-6,10-11H2,1H3,(H,23,24). The second kappa shape index (κ2) is 9.27. The van der Waals surface area contributed by atoms with Crippen LogP contribution in [-0.4, -0.2) is 65.6 Å². The van der Waals surface area contributed by atoms with E-state index in [-0.39, 0.29) is 25.1 Å². The summed E-state index contributed by atoms with van der Waals surface area (Å²) in [5.41, 5.74) is 0. The molecule has 2 rings (SSSR count). The number of likely N-dealkylation sites (tertiary alicyclic amines) is 1. The summed E-state index contributed by atoms with van der Waals surface area (Å²) in [4.78, 5) is 26.9. The number of rotatable bonds is 7. The summed E-state index contributed by atoms with van der Waals surface area (Å²) < 4.78 is 5.48. The van der Waals surface area contributed by atoms with Gasteiger partial charge in [0.05, 0.1) is 6.54 Å². The lowest BCUT2D eigenvalue weighted by molar-refractivity contribution is -0.140. The van der Waals surface area contributed by atoms with Crippen LogP contribution in [0.25, 0.3) is 0 Å². The smallest absolute Gasteiger partial charge is 0.317 e. The van der Waals surface area contributed by atoms with E-state index in [9.17, 15) is 9.59 Å². The highest BCUT2D eigenvalue weighted by Crippen LogP contribution is 2.24. The summed E-state index contributed by atoms with van der Waals surface area (Å²) >= 11 is 11.8. The van der Waals surface area contributed by atoms with Gasteiger partial charge >= 0.3 is 5.97 Å². The molecule has 0 bridgehead atoms. The fourth-order valence-corrected chi connectivity index (χ4v) is 3.51. The van der Waals surface area contributed by atoms with Crippen LogP contribution >= 0.6 is 23.2 Å². The molecule has 0 atom stereocenters. The SMILES string of the molecule is CCN(CC(=O)O)C1CCN(C(=O)COc2cc(Cl)cc(Cl)c2)CC1. The third kappa shape index (κ3) is 6.06. The first kappa shape index (κ1) is 19.8. The van der Waals surface area contributed by atoms with Crippen molar-refractivity contribution in [2.24, 2.45) is 0 Å². The van der Waals surface area contributed by atoms with Crippen LogP contribution < -0.4 is 4.74 Å². The van der Waals surface area contributed by atoms with E-state index in [2.05, 4.69) is 0 Å². The van der Waals surface area contributed by atoms with E-state index >= 15 is 0 Å². The van der Waals surface area contributed by atoms with Crippen molar-refractivity contribution in [2.75, 3.05) is 32.8 Å². The molecule has 1 aromatic carbocycles. The normalized spacial score (nSPS) is 15.4. The molecule has 6 nitrogen and oxygen atoms in total. The lowest BCUT2D eigenvalue weighted by Gasteiger charge is -2.37. The molecular weight excluding hydrogens is 367 g/mol. The molecule has 0 spiro atoms. The first-order valence-electron chi connectivity index (χ1n) is 8.21. The van der Waals surface area contributed by atoms with Crippen molar-refractivity contribution in [1.82, 2.24) is 9.80 Å². The minimum absolute atomic E-state index is 0.0355. The van der Waals surface area contributed by atoms with Gasteiger partial charge in [0.1, 0.15) is 5.75 Å². The zero-order chi connectivity index (χ0) is 18.4. The second-order valence-corrected chi connectivity index (χ2v) is 6.84. The van der Waals surface area contributed by atoms with Crippen molar-refractivity contribution in [3.63, 3.8) is 0 Å². The predicted molar refractivity (Wildman–Crippen MR) is 96.4 cm³/mol. The van der Waals surface area contributed by atoms with Crippen molar-refractivity contribution < 1.29 is 19.4 Å². The molecule has 1 amide bonds. The minimum atomic E-state index is -0.825. The number of benzene rings is 1. The van der Waals surface area contributed by atoms with Crippen molar-refractivity contribution in [3.8, 4) is 5.75 Å². The minimum Gasteiger partial charge on any atom is -0.484 e. The molecule has 1 heterocycles. The Bertz CT molecular complexity index is 598. The summed E-state index contributed by atoms with van der Waals surface area (Å²) in [5.74, 6) is -0.468. The third-order valence-corrected chi connectivity index (χ3v) is 4.71. The van der Waals surface area contributed by atoms with Gasteiger partial charge in [0, 0.05) is 29.2 Å². The van der Waals surface area contributed by atoms with Gasteiger partial charge in [0.25, 0.3) is 5.91 Å². The van der Waals surface area contributed by atoms with E-state index in [0.717, 1.165) is 12.8 Å². The lowest BCUT2D eigenvalue weighted by Crippen LogP contribution is -2.49. The van der Waals surface area contributed by atoms with Crippen LogP contribution in [0.2, 0.25) is 10.0 Å². The summed E-state index contributed by atoms with van der Waals surface area (Å²) in [6, 6.07) is 5.01. The number of ether oxygens (including phenoxy) is 1. The summed E-state index contributed by atoms with van der Waals surface area (Å²) in [5, 5.41) is 9.87. The number of nitrogens with zero attached hydrogens (tertiary/aromatic N) is 2. The Morgan fingerprint density at radius 2 is 1.84 bits per heavy atom. The topological polar surface area (TPSA) is 70.1 Å². The van der Waals surface area contributed by atoms with Gasteiger partial charge in [-0.05, 0) is 37.6 Å². The average molecular weight is 389 g/mol. The molecule has 1 fully saturated rings. The molecule has 0 radical (unpaired) electrons. The van der Waals surface area contributed by atoms with Crippen LogP contribution in [0.4, 0.5) is 0 Å². The maximum atomic E-state index is 12.3. The van der Waals surface area contributed by atoms with Crippen LogP contribution in [0.5, 0.6) is 5.75 Å². The Balaban J connectivity index is 1.81. The number of carbonyl (C=O) groups is 2. The third-order valence-electron chi connectivity index (χ3n) is 4.28. The van der Waals surface area contributed by atoms with Gasteiger partial charge in [-0.25, -0.2) is 0 Å². The van der Waals surface area contributed by atoms with E-state index in [0.29, 0.717) is 35.4 Å². The Morgan fingerprint density at radius 1 is 1.24 bits per heavy atom. The highest BCUT2D eigenvalue weighted by atomic mass is 35.5. The molecule has 1 aromatic rings. The van der Waals surface area contributed by atoms with E-state index in [4.69, 9.17) is 33.0 Å². The first-order chi connectivity index (χ1) is 11.9. The van der Waals surface area contributed by atoms with Crippen molar-refractivity contribution in [2.45, 2.75) is 25.8 Å². The maximum absolute atomic E-state index is 12.3. The molecule has 1 aliphatic rings. The fourth-order valence-electron chi connectivity index (χ4n) is 3.00. The lowest BCUT2D eigenvalue weighted by atomic mass is 10.0. The van der Waals surface area contributed by atoms with Gasteiger partial charge in [-0.3, -0.25) is 14.5 Å². The molecule has 1 N–H and O–H groups in total. The number of carbonyl (C=O) groups excluding carboxylic acids is 1. The number of hydrogen-bond acceptors (Lipinski definition) is 4. The monoisotopic (exact) mass is 388 g/mol. The van der Waals surface area contributed by atoms with Crippen molar-refractivity contribution in [1.29, 1.82) is 0 Å². The molecule has 0 aromatic heterocycles. The Labute approximate surface area is 157 Å². The molecule has 1 aliphatic heterocycles. The Kier molecular flexibility index (Phi) is 7.35. The number of piperidine rings is 1. The largest absolute Gasteiger partial charge is 0.484 e. The van der Waals surface area contributed by atoms with Crippen molar-refractivity contribution in [3.05, 3.63) is 28.2 Å². The quantitative estimate of drug-likeness (QED) is 0.777. The molecule has 0 unspecified atom stereocenters. The van der Waals surface area contributed by atoms with Gasteiger partial charge in [-0.1, -0.05) is 30.1 Å². The molecule has 138 valence electrons. The Morgan fingerprint density at radius 3 is 2.36 bits per heavy atom. The fraction of sp³-hybridized carbons (Fsp3) is 0.529. The summed E-state index contributed by atoms with van der Waals surface area (Å²) in [6.07, 6.45) is 1.52.